The minimum atomic E-state index is -1.80. The van der Waals surface area contributed by atoms with Gasteiger partial charge in [-0.25, -0.2) is 4.79 Å². The van der Waals surface area contributed by atoms with E-state index in [0.29, 0.717) is 6.42 Å². The molecule has 0 aromatic heterocycles. The molecule has 9 heteroatoms. The molecule has 0 bridgehead atoms. The Labute approximate surface area is 264 Å². The molecule has 4 N–H and O–H groups in total. The van der Waals surface area contributed by atoms with Crippen LogP contribution >= 0.6 is 0 Å². The van der Waals surface area contributed by atoms with E-state index in [1.807, 2.05) is 66.7 Å². The summed E-state index contributed by atoms with van der Waals surface area (Å²) in [4.78, 5) is 13.5. The Balaban J connectivity index is 2.52. The predicted molar refractivity (Wildman–Crippen MR) is 170 cm³/mol. The smallest absolute Gasteiger partial charge is 0.373 e. The van der Waals surface area contributed by atoms with E-state index in [4.69, 9.17) is 18.9 Å². The molecule has 1 saturated heterocycles. The van der Waals surface area contributed by atoms with Gasteiger partial charge >= 0.3 is 5.97 Å². The standard InChI is InChI=1S/C35H58O9/c1-19(2)32-24(7)27(36)18-35(40,44-32)26(9)31(38)25(8)33-28(41-10)14-12-13-20(3)15-22(5)30(37)23(6)16-21(4)17-29(42-11)34(39)43-33/h12-14,16-17,19,22-28,30-33,36-38,40H,15,18H2,1-11H3/t22-,23-,24+,25+,26+,27-,28-,30+,31-,32-,33?,35-/m1/s1. The van der Waals surface area contributed by atoms with E-state index < -0.39 is 60.2 Å². The second-order valence-electron chi connectivity index (χ2n) is 13.6. The van der Waals surface area contributed by atoms with Crippen LogP contribution in [0.15, 0.2) is 47.3 Å². The number of hydrogen-bond acceptors (Lipinski definition) is 9. The summed E-state index contributed by atoms with van der Waals surface area (Å²) in [7, 11) is 2.87. The normalized spacial score (nSPS) is 36.9. The molecule has 2 rings (SSSR count). The Bertz CT molecular complexity index is 1060. The summed E-state index contributed by atoms with van der Waals surface area (Å²) in [5.41, 5.74) is 1.78. The van der Waals surface area contributed by atoms with Gasteiger partial charge in [0.05, 0.1) is 31.5 Å². The third-order valence-electron chi connectivity index (χ3n) is 9.50. The van der Waals surface area contributed by atoms with Crippen molar-refractivity contribution in [2.75, 3.05) is 14.2 Å². The van der Waals surface area contributed by atoms with Crippen molar-refractivity contribution in [1.82, 2.24) is 0 Å². The van der Waals surface area contributed by atoms with E-state index in [1.54, 1.807) is 26.0 Å². The number of rotatable bonds is 7. The van der Waals surface area contributed by atoms with Gasteiger partial charge in [0.1, 0.15) is 12.2 Å². The lowest BCUT2D eigenvalue weighted by Gasteiger charge is -2.49. The summed E-state index contributed by atoms with van der Waals surface area (Å²) in [6, 6.07) is 0. The fourth-order valence-corrected chi connectivity index (χ4v) is 6.54. The average Bonchev–Trinajstić information content (AvgIpc) is 2.96. The van der Waals surface area contributed by atoms with Crippen LogP contribution in [0.5, 0.6) is 0 Å². The van der Waals surface area contributed by atoms with Crippen molar-refractivity contribution in [3.05, 3.63) is 47.3 Å². The molecule has 0 radical (unpaired) electrons. The third-order valence-corrected chi connectivity index (χ3v) is 9.50. The summed E-state index contributed by atoms with van der Waals surface area (Å²) in [5.74, 6) is -4.49. The van der Waals surface area contributed by atoms with Crippen LogP contribution in [0, 0.1) is 35.5 Å². The number of esters is 1. The van der Waals surface area contributed by atoms with Gasteiger partial charge in [-0.15, -0.1) is 0 Å². The molecule has 2 aliphatic heterocycles. The first-order valence-corrected chi connectivity index (χ1v) is 15.9. The van der Waals surface area contributed by atoms with Gasteiger partial charge in [0, 0.05) is 37.2 Å². The Morgan fingerprint density at radius 2 is 1.68 bits per heavy atom. The molecular formula is C35H58O9. The van der Waals surface area contributed by atoms with Gasteiger partial charge in [0.25, 0.3) is 0 Å². The number of aliphatic hydroxyl groups is 4. The molecule has 44 heavy (non-hydrogen) atoms. The molecule has 2 heterocycles. The van der Waals surface area contributed by atoms with Gasteiger partial charge in [-0.1, -0.05) is 83.9 Å². The lowest BCUT2D eigenvalue weighted by atomic mass is 9.76. The SMILES string of the molecule is COC1=CC(C)=C[C@@H](C)[C@@H](O)[C@H](C)CC(C)=CC=C[C@@H](OC)C([C@@H](C)[C@@H](O)[C@H](C)[C@@]2(O)C[C@@H](O)[C@H](C)[C@@H](C(C)C)O2)OC1=O. The average molecular weight is 623 g/mol. The highest BCUT2D eigenvalue weighted by atomic mass is 16.6. The molecule has 0 aromatic carbocycles. The zero-order valence-electron chi connectivity index (χ0n) is 28.6. The second-order valence-corrected chi connectivity index (χ2v) is 13.6. The second kappa shape index (κ2) is 16.5. The van der Waals surface area contributed by atoms with Crippen LogP contribution in [0.1, 0.15) is 75.2 Å². The maximum Gasteiger partial charge on any atom is 0.373 e. The minimum Gasteiger partial charge on any atom is -0.490 e. The minimum absolute atomic E-state index is 0.00492. The number of hydrogen-bond donors (Lipinski definition) is 4. The van der Waals surface area contributed by atoms with Crippen molar-refractivity contribution >= 4 is 5.97 Å². The predicted octanol–water partition coefficient (Wildman–Crippen LogP) is 4.69. The molecular weight excluding hydrogens is 564 g/mol. The quantitative estimate of drug-likeness (QED) is 0.298. The number of methoxy groups -OCH3 is 2. The zero-order chi connectivity index (χ0) is 33.5. The Hall–Kier alpha value is -2.01. The Morgan fingerprint density at radius 3 is 2.25 bits per heavy atom. The van der Waals surface area contributed by atoms with Crippen molar-refractivity contribution < 1.29 is 44.2 Å². The lowest BCUT2D eigenvalue weighted by Crippen LogP contribution is -2.59. The van der Waals surface area contributed by atoms with Crippen molar-refractivity contribution in [3.63, 3.8) is 0 Å². The number of cyclic esters (lactones) is 1. The number of allylic oxidation sites excluding steroid dienone is 5. The fraction of sp³-hybridized carbons (Fsp3) is 0.743. The topological polar surface area (TPSA) is 135 Å². The fourth-order valence-electron chi connectivity index (χ4n) is 6.54. The highest BCUT2D eigenvalue weighted by Gasteiger charge is 2.51. The molecule has 0 spiro atoms. The van der Waals surface area contributed by atoms with Crippen LogP contribution in [0.25, 0.3) is 0 Å². The van der Waals surface area contributed by atoms with Crippen molar-refractivity contribution in [2.45, 2.75) is 118 Å². The van der Waals surface area contributed by atoms with E-state index in [1.165, 1.54) is 14.2 Å². The molecule has 0 aliphatic carbocycles. The summed E-state index contributed by atoms with van der Waals surface area (Å²) < 4.78 is 23.4. The molecule has 9 nitrogen and oxygen atoms in total. The summed E-state index contributed by atoms with van der Waals surface area (Å²) in [5, 5.41) is 45.0. The first-order chi connectivity index (χ1) is 20.5. The van der Waals surface area contributed by atoms with Gasteiger partial charge in [-0.2, -0.15) is 0 Å². The van der Waals surface area contributed by atoms with Crippen LogP contribution < -0.4 is 0 Å². The molecule has 0 aromatic rings. The van der Waals surface area contributed by atoms with E-state index in [0.717, 1.165) is 11.1 Å². The van der Waals surface area contributed by atoms with Gasteiger partial charge in [-0.3, -0.25) is 0 Å². The van der Waals surface area contributed by atoms with E-state index in [-0.39, 0.29) is 35.9 Å². The van der Waals surface area contributed by atoms with E-state index >= 15 is 0 Å². The summed E-state index contributed by atoms with van der Waals surface area (Å²) in [6.07, 6.45) is 4.85. The molecule has 12 atom stereocenters. The number of carbonyl (C=O) groups excluding carboxylic acids is 1. The van der Waals surface area contributed by atoms with Crippen molar-refractivity contribution in [2.24, 2.45) is 35.5 Å². The Kier molecular flexibility index (Phi) is 14.3. The van der Waals surface area contributed by atoms with Gasteiger partial charge in [0.15, 0.2) is 5.79 Å². The van der Waals surface area contributed by atoms with Crippen LogP contribution in [-0.2, 0) is 23.7 Å². The number of carbonyl (C=O) groups is 1. The molecule has 1 unspecified atom stereocenters. The van der Waals surface area contributed by atoms with Crippen LogP contribution in [0.3, 0.4) is 0 Å². The van der Waals surface area contributed by atoms with Gasteiger partial charge < -0.3 is 39.4 Å². The van der Waals surface area contributed by atoms with E-state index in [2.05, 4.69) is 0 Å². The lowest BCUT2D eigenvalue weighted by molar-refractivity contribution is -0.328. The molecule has 1 fully saturated rings. The van der Waals surface area contributed by atoms with Crippen LogP contribution in [0.2, 0.25) is 0 Å². The third kappa shape index (κ3) is 9.50. The maximum absolute atomic E-state index is 13.5. The van der Waals surface area contributed by atoms with Gasteiger partial charge in [0.2, 0.25) is 5.76 Å². The largest absolute Gasteiger partial charge is 0.490 e. The van der Waals surface area contributed by atoms with Crippen LogP contribution in [-0.4, -0.2) is 83.0 Å². The highest BCUT2D eigenvalue weighted by Crippen LogP contribution is 2.41. The van der Waals surface area contributed by atoms with Crippen LogP contribution in [0.4, 0.5) is 0 Å². The summed E-state index contributed by atoms with van der Waals surface area (Å²) >= 11 is 0. The highest BCUT2D eigenvalue weighted by molar-refractivity contribution is 5.87. The maximum atomic E-state index is 13.5. The molecule has 252 valence electrons. The molecule has 0 amide bonds. The monoisotopic (exact) mass is 622 g/mol. The number of ether oxygens (including phenoxy) is 4. The first kappa shape index (κ1) is 38.2. The van der Waals surface area contributed by atoms with Gasteiger partial charge in [-0.05, 0) is 38.2 Å². The summed E-state index contributed by atoms with van der Waals surface area (Å²) in [6.45, 7) is 17.0. The van der Waals surface area contributed by atoms with E-state index in [9.17, 15) is 25.2 Å². The first-order valence-electron chi connectivity index (χ1n) is 15.9. The zero-order valence-corrected chi connectivity index (χ0v) is 28.6. The van der Waals surface area contributed by atoms with Crippen molar-refractivity contribution in [1.29, 1.82) is 0 Å². The van der Waals surface area contributed by atoms with Crippen molar-refractivity contribution in [3.8, 4) is 0 Å². The molecule has 0 saturated carbocycles. The molecule has 2 aliphatic rings. The number of aliphatic hydroxyl groups excluding tert-OH is 3. The Morgan fingerprint density at radius 1 is 1.05 bits per heavy atom.